The second-order valence-corrected chi connectivity index (χ2v) is 5.94. The van der Waals surface area contributed by atoms with Gasteiger partial charge in [0.2, 0.25) is 5.91 Å². The van der Waals surface area contributed by atoms with E-state index in [0.29, 0.717) is 6.54 Å². The molecule has 1 aromatic carbocycles. The standard InChI is InChI=1S/C15H21N3O/c1-15(2,3)13(16)14(19)17-9-11-8-10-6-4-5-7-12(10)18-11/h4-8,13,18H,9,16H2,1-3H3,(H,17,19)/t13-/m1/s1. The third-order valence-corrected chi connectivity index (χ3v) is 3.25. The molecule has 0 saturated heterocycles. The number of carbonyl (C=O) groups is 1. The summed E-state index contributed by atoms with van der Waals surface area (Å²) in [6.07, 6.45) is 0. The zero-order valence-corrected chi connectivity index (χ0v) is 11.7. The molecule has 2 rings (SSSR count). The first-order chi connectivity index (χ1) is 8.88. The summed E-state index contributed by atoms with van der Waals surface area (Å²) in [5.74, 6) is -0.119. The summed E-state index contributed by atoms with van der Waals surface area (Å²) in [7, 11) is 0. The summed E-state index contributed by atoms with van der Waals surface area (Å²) in [5, 5.41) is 4.02. The average molecular weight is 259 g/mol. The summed E-state index contributed by atoms with van der Waals surface area (Å²) < 4.78 is 0. The number of fused-ring (bicyclic) bond motifs is 1. The lowest BCUT2D eigenvalue weighted by Gasteiger charge is -2.25. The fourth-order valence-corrected chi connectivity index (χ4v) is 1.91. The van der Waals surface area contributed by atoms with Gasteiger partial charge in [-0.1, -0.05) is 39.0 Å². The third-order valence-electron chi connectivity index (χ3n) is 3.25. The van der Waals surface area contributed by atoms with Gasteiger partial charge in [-0.3, -0.25) is 4.79 Å². The van der Waals surface area contributed by atoms with Crippen molar-refractivity contribution in [1.29, 1.82) is 0 Å². The van der Waals surface area contributed by atoms with Crippen LogP contribution in [0.2, 0.25) is 0 Å². The molecule has 0 fully saturated rings. The highest BCUT2D eigenvalue weighted by molar-refractivity contribution is 5.83. The number of benzene rings is 1. The maximum Gasteiger partial charge on any atom is 0.237 e. The topological polar surface area (TPSA) is 70.9 Å². The number of aromatic amines is 1. The highest BCUT2D eigenvalue weighted by Gasteiger charge is 2.27. The molecule has 1 heterocycles. The van der Waals surface area contributed by atoms with Gasteiger partial charge in [-0.2, -0.15) is 0 Å². The van der Waals surface area contributed by atoms with Crippen molar-refractivity contribution in [1.82, 2.24) is 10.3 Å². The number of carbonyl (C=O) groups excluding carboxylic acids is 1. The monoisotopic (exact) mass is 259 g/mol. The van der Waals surface area contributed by atoms with Crippen molar-refractivity contribution in [2.45, 2.75) is 33.4 Å². The van der Waals surface area contributed by atoms with Crippen molar-refractivity contribution in [2.24, 2.45) is 11.1 Å². The number of para-hydroxylation sites is 1. The Labute approximate surface area is 113 Å². The van der Waals surface area contributed by atoms with Crippen LogP contribution in [0.4, 0.5) is 0 Å². The predicted octanol–water partition coefficient (Wildman–Crippen LogP) is 2.16. The molecule has 1 aromatic heterocycles. The number of rotatable bonds is 3. The van der Waals surface area contributed by atoms with E-state index in [1.54, 1.807) is 0 Å². The van der Waals surface area contributed by atoms with Gasteiger partial charge in [0.15, 0.2) is 0 Å². The van der Waals surface area contributed by atoms with Gasteiger partial charge in [-0.15, -0.1) is 0 Å². The van der Waals surface area contributed by atoms with Crippen LogP contribution in [0.15, 0.2) is 30.3 Å². The quantitative estimate of drug-likeness (QED) is 0.790. The summed E-state index contributed by atoms with van der Waals surface area (Å²) in [6, 6.07) is 9.57. The normalized spacial score (nSPS) is 13.5. The Balaban J connectivity index is 2.01. The van der Waals surface area contributed by atoms with E-state index in [9.17, 15) is 4.79 Å². The number of amides is 1. The smallest absolute Gasteiger partial charge is 0.237 e. The van der Waals surface area contributed by atoms with E-state index in [4.69, 9.17) is 5.73 Å². The van der Waals surface area contributed by atoms with Gasteiger partial charge >= 0.3 is 0 Å². The molecule has 0 aliphatic heterocycles. The summed E-state index contributed by atoms with van der Waals surface area (Å²) in [4.78, 5) is 15.2. The fraction of sp³-hybridized carbons (Fsp3) is 0.400. The van der Waals surface area contributed by atoms with Gasteiger partial charge in [0.25, 0.3) is 0 Å². The Morgan fingerprint density at radius 1 is 1.37 bits per heavy atom. The molecule has 0 spiro atoms. The molecule has 19 heavy (non-hydrogen) atoms. The van der Waals surface area contributed by atoms with E-state index in [2.05, 4.69) is 10.3 Å². The number of nitrogens with one attached hydrogen (secondary N) is 2. The zero-order valence-electron chi connectivity index (χ0n) is 11.7. The first kappa shape index (κ1) is 13.6. The highest BCUT2D eigenvalue weighted by Crippen LogP contribution is 2.18. The van der Waals surface area contributed by atoms with E-state index in [1.807, 2.05) is 51.1 Å². The summed E-state index contributed by atoms with van der Waals surface area (Å²) in [5.41, 5.74) is 7.74. The number of aromatic nitrogens is 1. The molecule has 0 saturated carbocycles. The summed E-state index contributed by atoms with van der Waals surface area (Å²) >= 11 is 0. The van der Waals surface area contributed by atoms with Crippen LogP contribution in [0.25, 0.3) is 10.9 Å². The lowest BCUT2D eigenvalue weighted by molar-refractivity contribution is -0.124. The van der Waals surface area contributed by atoms with Crippen LogP contribution in [0, 0.1) is 5.41 Å². The molecule has 0 aliphatic carbocycles. The minimum atomic E-state index is -0.503. The van der Waals surface area contributed by atoms with Crippen molar-refractivity contribution in [3.8, 4) is 0 Å². The van der Waals surface area contributed by atoms with E-state index in [0.717, 1.165) is 16.6 Å². The molecule has 4 N–H and O–H groups in total. The lowest BCUT2D eigenvalue weighted by Crippen LogP contribution is -2.48. The molecule has 0 unspecified atom stereocenters. The fourth-order valence-electron chi connectivity index (χ4n) is 1.91. The first-order valence-corrected chi connectivity index (χ1v) is 6.48. The molecule has 1 atom stereocenters. The number of nitrogens with two attached hydrogens (primary N) is 1. The molecule has 1 amide bonds. The Morgan fingerprint density at radius 3 is 2.68 bits per heavy atom. The molecule has 4 heteroatoms. The zero-order chi connectivity index (χ0) is 14.0. The largest absolute Gasteiger partial charge is 0.357 e. The number of hydrogen-bond acceptors (Lipinski definition) is 2. The third kappa shape index (κ3) is 3.15. The molecular weight excluding hydrogens is 238 g/mol. The van der Waals surface area contributed by atoms with Gasteiger partial charge in [0.1, 0.15) is 0 Å². The van der Waals surface area contributed by atoms with Crippen molar-refractivity contribution in [3.05, 3.63) is 36.0 Å². The van der Waals surface area contributed by atoms with Gasteiger partial charge in [0, 0.05) is 11.2 Å². The van der Waals surface area contributed by atoms with Gasteiger partial charge in [-0.25, -0.2) is 0 Å². The maximum absolute atomic E-state index is 11.9. The Hall–Kier alpha value is -1.81. The predicted molar refractivity (Wildman–Crippen MR) is 77.6 cm³/mol. The van der Waals surface area contributed by atoms with Crippen molar-refractivity contribution in [3.63, 3.8) is 0 Å². The van der Waals surface area contributed by atoms with Crippen molar-refractivity contribution in [2.75, 3.05) is 0 Å². The minimum Gasteiger partial charge on any atom is -0.357 e. The average Bonchev–Trinajstić information content (AvgIpc) is 2.76. The van der Waals surface area contributed by atoms with Crippen LogP contribution in [-0.4, -0.2) is 16.9 Å². The number of hydrogen-bond donors (Lipinski definition) is 3. The van der Waals surface area contributed by atoms with E-state index in [-0.39, 0.29) is 11.3 Å². The SMILES string of the molecule is CC(C)(C)[C@H](N)C(=O)NCc1cc2ccccc2[nH]1. The van der Waals surface area contributed by atoms with Crippen LogP contribution in [0.3, 0.4) is 0 Å². The maximum atomic E-state index is 11.9. The van der Waals surface area contributed by atoms with Crippen molar-refractivity contribution >= 4 is 16.8 Å². The van der Waals surface area contributed by atoms with Crippen LogP contribution in [-0.2, 0) is 11.3 Å². The molecule has 4 nitrogen and oxygen atoms in total. The van der Waals surface area contributed by atoms with Crippen LogP contribution < -0.4 is 11.1 Å². The number of H-pyrrole nitrogens is 1. The Morgan fingerprint density at radius 2 is 2.05 bits per heavy atom. The highest BCUT2D eigenvalue weighted by atomic mass is 16.2. The molecule has 2 aromatic rings. The molecule has 0 aliphatic rings. The second kappa shape index (κ2) is 5.05. The summed E-state index contributed by atoms with van der Waals surface area (Å²) in [6.45, 7) is 6.35. The molecule has 102 valence electrons. The Kier molecular flexibility index (Phi) is 3.62. The van der Waals surface area contributed by atoms with Crippen LogP contribution >= 0.6 is 0 Å². The van der Waals surface area contributed by atoms with E-state index in [1.165, 1.54) is 0 Å². The molecular formula is C15H21N3O. The van der Waals surface area contributed by atoms with Crippen LogP contribution in [0.5, 0.6) is 0 Å². The van der Waals surface area contributed by atoms with Crippen LogP contribution in [0.1, 0.15) is 26.5 Å². The molecule has 0 radical (unpaired) electrons. The van der Waals surface area contributed by atoms with Crippen molar-refractivity contribution < 1.29 is 4.79 Å². The minimum absolute atomic E-state index is 0.119. The van der Waals surface area contributed by atoms with Gasteiger partial charge in [-0.05, 0) is 22.9 Å². The van der Waals surface area contributed by atoms with Gasteiger partial charge in [0.05, 0.1) is 12.6 Å². The van der Waals surface area contributed by atoms with E-state index < -0.39 is 6.04 Å². The lowest BCUT2D eigenvalue weighted by atomic mass is 9.87. The Bertz CT molecular complexity index is 547. The molecule has 0 bridgehead atoms. The van der Waals surface area contributed by atoms with E-state index >= 15 is 0 Å². The van der Waals surface area contributed by atoms with Gasteiger partial charge < -0.3 is 16.0 Å². The first-order valence-electron chi connectivity index (χ1n) is 6.48. The second-order valence-electron chi connectivity index (χ2n) is 5.94.